The molecule has 1 aromatic heterocycles. The Balaban J connectivity index is 1.63. The standard InChI is InChI=1S/C22H31N5/c1-4-23-22(25-16-19-10-12-24-21(15-19)26(2)3)27-13-11-20(17-27)14-18-8-6-5-7-9-18/h5-10,12,15,20H,4,11,13-14,16-17H2,1-3H3,(H,23,25). The lowest BCUT2D eigenvalue weighted by Gasteiger charge is -2.22. The number of likely N-dealkylation sites (tertiary alicyclic amines) is 1. The van der Waals surface area contributed by atoms with Gasteiger partial charge in [0.25, 0.3) is 0 Å². The average molecular weight is 366 g/mol. The topological polar surface area (TPSA) is 43.8 Å². The summed E-state index contributed by atoms with van der Waals surface area (Å²) in [5, 5.41) is 3.47. The molecule has 1 N–H and O–H groups in total. The summed E-state index contributed by atoms with van der Waals surface area (Å²) in [6.45, 7) is 5.83. The van der Waals surface area contributed by atoms with E-state index in [1.54, 1.807) is 0 Å². The van der Waals surface area contributed by atoms with Crippen molar-refractivity contribution < 1.29 is 0 Å². The van der Waals surface area contributed by atoms with Crippen molar-refractivity contribution in [3.8, 4) is 0 Å². The highest BCUT2D eigenvalue weighted by Crippen LogP contribution is 2.21. The molecule has 0 saturated carbocycles. The van der Waals surface area contributed by atoms with Gasteiger partial charge in [-0.25, -0.2) is 9.98 Å². The first-order valence-corrected chi connectivity index (χ1v) is 9.85. The second-order valence-electron chi connectivity index (χ2n) is 7.38. The molecular formula is C22H31N5. The summed E-state index contributed by atoms with van der Waals surface area (Å²) in [6.07, 6.45) is 4.23. The van der Waals surface area contributed by atoms with Crippen LogP contribution >= 0.6 is 0 Å². The van der Waals surface area contributed by atoms with Crippen LogP contribution in [0.3, 0.4) is 0 Å². The first kappa shape index (κ1) is 19.2. The number of hydrogen-bond acceptors (Lipinski definition) is 3. The first-order chi connectivity index (χ1) is 13.2. The number of pyridine rings is 1. The number of nitrogens with zero attached hydrogens (tertiary/aromatic N) is 4. The van der Waals surface area contributed by atoms with Gasteiger partial charge in [-0.15, -0.1) is 0 Å². The van der Waals surface area contributed by atoms with Crippen molar-refractivity contribution in [1.29, 1.82) is 0 Å². The minimum absolute atomic E-state index is 0.672. The SMILES string of the molecule is CCNC(=NCc1ccnc(N(C)C)c1)N1CCC(Cc2ccccc2)C1. The molecule has 1 atom stereocenters. The van der Waals surface area contributed by atoms with E-state index in [0.29, 0.717) is 12.5 Å². The third kappa shape index (κ3) is 5.46. The molecule has 1 fully saturated rings. The molecular weight excluding hydrogens is 334 g/mol. The van der Waals surface area contributed by atoms with Gasteiger partial charge in [-0.05, 0) is 48.9 Å². The fourth-order valence-corrected chi connectivity index (χ4v) is 3.53. The van der Waals surface area contributed by atoms with E-state index >= 15 is 0 Å². The van der Waals surface area contributed by atoms with Crippen LogP contribution < -0.4 is 10.2 Å². The summed E-state index contributed by atoms with van der Waals surface area (Å²) >= 11 is 0. The molecule has 1 aromatic carbocycles. The number of benzene rings is 1. The zero-order chi connectivity index (χ0) is 19.1. The fraction of sp³-hybridized carbons (Fsp3) is 0.455. The van der Waals surface area contributed by atoms with Gasteiger partial charge in [0.05, 0.1) is 6.54 Å². The predicted octanol–water partition coefficient (Wildman–Crippen LogP) is 3.18. The van der Waals surface area contributed by atoms with Crippen LogP contribution in [0, 0.1) is 5.92 Å². The molecule has 3 rings (SSSR count). The molecule has 0 aliphatic carbocycles. The van der Waals surface area contributed by atoms with Crippen molar-refractivity contribution >= 4 is 11.8 Å². The number of hydrogen-bond donors (Lipinski definition) is 1. The first-order valence-electron chi connectivity index (χ1n) is 9.85. The van der Waals surface area contributed by atoms with Gasteiger partial charge in [-0.3, -0.25) is 0 Å². The van der Waals surface area contributed by atoms with Crippen molar-refractivity contribution in [3.05, 3.63) is 59.8 Å². The van der Waals surface area contributed by atoms with Gasteiger partial charge >= 0.3 is 0 Å². The maximum Gasteiger partial charge on any atom is 0.194 e. The fourth-order valence-electron chi connectivity index (χ4n) is 3.53. The summed E-state index contributed by atoms with van der Waals surface area (Å²) < 4.78 is 0. The van der Waals surface area contributed by atoms with E-state index in [-0.39, 0.29) is 0 Å². The second kappa shape index (κ2) is 9.40. The summed E-state index contributed by atoms with van der Waals surface area (Å²) in [6, 6.07) is 15.0. The Kier molecular flexibility index (Phi) is 6.69. The Morgan fingerprint density at radius 1 is 1.22 bits per heavy atom. The number of aromatic nitrogens is 1. The number of guanidine groups is 1. The van der Waals surface area contributed by atoms with Gasteiger partial charge in [0.15, 0.2) is 5.96 Å². The highest BCUT2D eigenvalue weighted by Gasteiger charge is 2.24. The third-order valence-electron chi connectivity index (χ3n) is 4.97. The third-order valence-corrected chi connectivity index (χ3v) is 4.97. The van der Waals surface area contributed by atoms with Gasteiger partial charge < -0.3 is 15.1 Å². The van der Waals surface area contributed by atoms with E-state index in [1.807, 2.05) is 31.3 Å². The van der Waals surface area contributed by atoms with Gasteiger partial charge in [-0.2, -0.15) is 0 Å². The molecule has 144 valence electrons. The number of rotatable bonds is 6. The van der Waals surface area contributed by atoms with Crippen LogP contribution in [0.25, 0.3) is 0 Å². The molecule has 0 spiro atoms. The summed E-state index contributed by atoms with van der Waals surface area (Å²) in [5.41, 5.74) is 2.61. The Bertz CT molecular complexity index is 741. The van der Waals surface area contributed by atoms with Crippen molar-refractivity contribution in [2.45, 2.75) is 26.3 Å². The second-order valence-corrected chi connectivity index (χ2v) is 7.38. The van der Waals surface area contributed by atoms with Crippen LogP contribution in [-0.2, 0) is 13.0 Å². The van der Waals surface area contributed by atoms with Crippen molar-refractivity contribution in [3.63, 3.8) is 0 Å². The zero-order valence-corrected chi connectivity index (χ0v) is 16.7. The molecule has 2 heterocycles. The smallest absolute Gasteiger partial charge is 0.194 e. The molecule has 5 nitrogen and oxygen atoms in total. The van der Waals surface area contributed by atoms with E-state index < -0.39 is 0 Å². The highest BCUT2D eigenvalue weighted by molar-refractivity contribution is 5.80. The summed E-state index contributed by atoms with van der Waals surface area (Å²) in [5.74, 6) is 2.69. The lowest BCUT2D eigenvalue weighted by atomic mass is 9.99. The summed E-state index contributed by atoms with van der Waals surface area (Å²) in [4.78, 5) is 13.7. The predicted molar refractivity (Wildman–Crippen MR) is 113 cm³/mol. The van der Waals surface area contributed by atoms with Crippen LogP contribution in [0.1, 0.15) is 24.5 Å². The molecule has 1 saturated heterocycles. The molecule has 1 aliphatic rings. The Morgan fingerprint density at radius 2 is 2.04 bits per heavy atom. The number of nitrogens with one attached hydrogen (secondary N) is 1. The van der Waals surface area contributed by atoms with E-state index in [9.17, 15) is 0 Å². The number of anilines is 1. The molecule has 1 aliphatic heterocycles. The minimum atomic E-state index is 0.672. The van der Waals surface area contributed by atoms with Crippen LogP contribution in [-0.4, -0.2) is 49.6 Å². The quantitative estimate of drug-likeness (QED) is 0.631. The maximum absolute atomic E-state index is 4.89. The minimum Gasteiger partial charge on any atom is -0.363 e. The van der Waals surface area contributed by atoms with Crippen LogP contribution in [0.4, 0.5) is 5.82 Å². The van der Waals surface area contributed by atoms with Gasteiger partial charge in [0.2, 0.25) is 0 Å². The van der Waals surface area contributed by atoms with Gasteiger partial charge in [0.1, 0.15) is 5.82 Å². The molecule has 0 amide bonds. The molecule has 27 heavy (non-hydrogen) atoms. The lowest BCUT2D eigenvalue weighted by Crippen LogP contribution is -2.40. The van der Waals surface area contributed by atoms with E-state index in [1.165, 1.54) is 17.5 Å². The normalized spacial score (nSPS) is 17.2. The average Bonchev–Trinajstić information content (AvgIpc) is 3.14. The summed E-state index contributed by atoms with van der Waals surface area (Å²) in [7, 11) is 4.02. The number of aliphatic imine (C=N–C) groups is 1. The van der Waals surface area contributed by atoms with Crippen LogP contribution in [0.5, 0.6) is 0 Å². The van der Waals surface area contributed by atoms with E-state index in [2.05, 4.69) is 58.5 Å². The zero-order valence-electron chi connectivity index (χ0n) is 16.7. The maximum atomic E-state index is 4.89. The van der Waals surface area contributed by atoms with Crippen molar-refractivity contribution in [2.24, 2.45) is 10.9 Å². The highest BCUT2D eigenvalue weighted by atomic mass is 15.3. The molecule has 0 radical (unpaired) electrons. The Labute approximate surface area is 163 Å². The van der Waals surface area contributed by atoms with E-state index in [4.69, 9.17) is 4.99 Å². The largest absolute Gasteiger partial charge is 0.363 e. The van der Waals surface area contributed by atoms with Gasteiger partial charge in [-0.1, -0.05) is 30.3 Å². The van der Waals surface area contributed by atoms with Gasteiger partial charge in [0, 0.05) is 39.9 Å². The monoisotopic (exact) mass is 365 g/mol. The molecule has 2 aromatic rings. The van der Waals surface area contributed by atoms with Crippen molar-refractivity contribution in [2.75, 3.05) is 38.6 Å². The van der Waals surface area contributed by atoms with Crippen LogP contribution in [0.15, 0.2) is 53.7 Å². The lowest BCUT2D eigenvalue weighted by molar-refractivity contribution is 0.460. The molecule has 0 bridgehead atoms. The Hall–Kier alpha value is -2.56. The van der Waals surface area contributed by atoms with Crippen molar-refractivity contribution in [1.82, 2.24) is 15.2 Å². The van der Waals surface area contributed by atoms with E-state index in [0.717, 1.165) is 37.8 Å². The molecule has 5 heteroatoms. The molecule has 1 unspecified atom stereocenters. The van der Waals surface area contributed by atoms with Crippen LogP contribution in [0.2, 0.25) is 0 Å². The Morgan fingerprint density at radius 3 is 2.78 bits per heavy atom.